The van der Waals surface area contributed by atoms with E-state index in [4.69, 9.17) is 5.73 Å². The predicted molar refractivity (Wildman–Crippen MR) is 114 cm³/mol. The lowest BCUT2D eigenvalue weighted by atomic mass is 10.1. The number of anilines is 2. The molecule has 1 heterocycles. The lowest BCUT2D eigenvalue weighted by molar-refractivity contribution is -0.120. The van der Waals surface area contributed by atoms with Gasteiger partial charge in [-0.15, -0.1) is 0 Å². The van der Waals surface area contributed by atoms with E-state index in [1.54, 1.807) is 35.1 Å². The molecule has 7 nitrogen and oxygen atoms in total. The predicted octanol–water partition coefficient (Wildman–Crippen LogP) is 2.83. The fourth-order valence-corrected chi connectivity index (χ4v) is 2.85. The Morgan fingerprint density at radius 2 is 1.83 bits per heavy atom. The molecular weight excluding hydrogens is 366 g/mol. The van der Waals surface area contributed by atoms with Crippen LogP contribution >= 0.6 is 0 Å². The summed E-state index contributed by atoms with van der Waals surface area (Å²) in [6.07, 6.45) is 4.81. The van der Waals surface area contributed by atoms with Crippen LogP contribution in [0.3, 0.4) is 0 Å². The van der Waals surface area contributed by atoms with Crippen LogP contribution in [-0.2, 0) is 17.8 Å². The van der Waals surface area contributed by atoms with E-state index in [1.807, 2.05) is 37.4 Å². The third-order valence-corrected chi connectivity index (χ3v) is 4.39. The second-order valence-corrected chi connectivity index (χ2v) is 6.81. The van der Waals surface area contributed by atoms with Gasteiger partial charge in [0, 0.05) is 18.3 Å². The molecule has 0 fully saturated rings. The largest absolute Gasteiger partial charge is 0.397 e. The van der Waals surface area contributed by atoms with Gasteiger partial charge in [0.1, 0.15) is 0 Å². The first-order chi connectivity index (χ1) is 14.0. The van der Waals surface area contributed by atoms with Gasteiger partial charge in [0.2, 0.25) is 5.91 Å². The number of hydrogen-bond acceptors (Lipinski definition) is 4. The molecule has 3 aromatic rings. The number of hydrogen-bond donors (Lipinski definition) is 3. The molecule has 2 amide bonds. The van der Waals surface area contributed by atoms with Crippen LogP contribution in [-0.4, -0.2) is 28.1 Å². The number of nitrogens with two attached hydrogens (primary N) is 1. The number of aromatic nitrogens is 2. The number of benzene rings is 2. The van der Waals surface area contributed by atoms with Gasteiger partial charge in [-0.2, -0.15) is 5.10 Å². The summed E-state index contributed by atoms with van der Waals surface area (Å²) in [7, 11) is 0. The average molecular weight is 391 g/mol. The van der Waals surface area contributed by atoms with E-state index in [9.17, 15) is 9.59 Å². The van der Waals surface area contributed by atoms with E-state index in [2.05, 4.69) is 15.7 Å². The zero-order chi connectivity index (χ0) is 20.6. The maximum Gasteiger partial charge on any atom is 0.255 e. The number of para-hydroxylation sites is 2. The van der Waals surface area contributed by atoms with Crippen LogP contribution in [0.15, 0.2) is 60.9 Å². The second kappa shape index (κ2) is 9.54. The zero-order valence-electron chi connectivity index (χ0n) is 16.4. The minimum Gasteiger partial charge on any atom is -0.397 e. The van der Waals surface area contributed by atoms with Gasteiger partial charge in [0.05, 0.1) is 30.5 Å². The number of amides is 2. The third kappa shape index (κ3) is 5.68. The molecule has 0 saturated heterocycles. The molecule has 3 rings (SSSR count). The minimum absolute atomic E-state index is 0.000758. The molecule has 29 heavy (non-hydrogen) atoms. The van der Waals surface area contributed by atoms with Gasteiger partial charge < -0.3 is 16.4 Å². The van der Waals surface area contributed by atoms with E-state index in [-0.39, 0.29) is 11.8 Å². The highest BCUT2D eigenvalue weighted by Crippen LogP contribution is 2.18. The van der Waals surface area contributed by atoms with Crippen molar-refractivity contribution in [1.82, 2.24) is 15.1 Å². The van der Waals surface area contributed by atoms with Crippen LogP contribution in [0.4, 0.5) is 11.4 Å². The molecule has 0 atom stereocenters. The SMILES string of the molecule is CCCNC(=O)Cc1cnn(Cc2ccc(C(=O)Nc3ccccc3N)cc2)c1. The first kappa shape index (κ1) is 20.1. The normalized spacial score (nSPS) is 10.5. The highest BCUT2D eigenvalue weighted by molar-refractivity contribution is 6.05. The van der Waals surface area contributed by atoms with E-state index in [1.165, 1.54) is 0 Å². The summed E-state index contributed by atoms with van der Waals surface area (Å²) in [5.41, 5.74) is 9.40. The zero-order valence-corrected chi connectivity index (χ0v) is 16.4. The highest BCUT2D eigenvalue weighted by atomic mass is 16.2. The fraction of sp³-hybridized carbons (Fsp3) is 0.227. The lowest BCUT2D eigenvalue weighted by Crippen LogP contribution is -2.25. The summed E-state index contributed by atoms with van der Waals surface area (Å²) in [6, 6.07) is 14.5. The second-order valence-electron chi connectivity index (χ2n) is 6.81. The highest BCUT2D eigenvalue weighted by Gasteiger charge is 2.09. The Morgan fingerprint density at radius 3 is 2.55 bits per heavy atom. The smallest absolute Gasteiger partial charge is 0.255 e. The summed E-state index contributed by atoms with van der Waals surface area (Å²) < 4.78 is 1.78. The number of nitrogens with zero attached hydrogens (tertiary/aromatic N) is 2. The molecular formula is C22H25N5O2. The number of carbonyl (C=O) groups is 2. The maximum atomic E-state index is 12.4. The first-order valence-corrected chi connectivity index (χ1v) is 9.58. The number of nitrogens with one attached hydrogen (secondary N) is 2. The van der Waals surface area contributed by atoms with Crippen molar-refractivity contribution in [2.75, 3.05) is 17.6 Å². The molecule has 0 saturated carbocycles. The number of nitrogen functional groups attached to an aromatic ring is 1. The topological polar surface area (TPSA) is 102 Å². The molecule has 150 valence electrons. The molecule has 0 aliphatic rings. The average Bonchev–Trinajstić information content (AvgIpc) is 3.15. The van der Waals surface area contributed by atoms with Crippen LogP contribution in [0.25, 0.3) is 0 Å². The monoisotopic (exact) mass is 391 g/mol. The molecule has 0 aliphatic heterocycles. The standard InChI is InChI=1S/C22H25N5O2/c1-2-11-24-21(28)12-17-13-25-27(15-17)14-16-7-9-18(10-8-16)22(29)26-20-6-4-3-5-19(20)23/h3-10,13,15H,2,11-12,14,23H2,1H3,(H,24,28)(H,26,29). The van der Waals surface area contributed by atoms with Crippen LogP contribution in [0, 0.1) is 0 Å². The Kier molecular flexibility index (Phi) is 6.63. The molecule has 0 bridgehead atoms. The molecule has 2 aromatic carbocycles. The molecule has 0 spiro atoms. The van der Waals surface area contributed by atoms with Gasteiger partial charge in [0.15, 0.2) is 0 Å². The summed E-state index contributed by atoms with van der Waals surface area (Å²) in [5.74, 6) is -0.213. The molecule has 0 radical (unpaired) electrons. The van der Waals surface area contributed by atoms with Crippen molar-refractivity contribution in [3.8, 4) is 0 Å². The van der Waals surface area contributed by atoms with Crippen molar-refractivity contribution < 1.29 is 9.59 Å². The molecule has 0 aliphatic carbocycles. The van der Waals surface area contributed by atoms with Gasteiger partial charge in [-0.25, -0.2) is 0 Å². The van der Waals surface area contributed by atoms with E-state index in [0.29, 0.717) is 36.4 Å². The number of rotatable bonds is 8. The van der Waals surface area contributed by atoms with Crippen LogP contribution in [0.5, 0.6) is 0 Å². The summed E-state index contributed by atoms with van der Waals surface area (Å²) in [5, 5.41) is 9.98. The van der Waals surface area contributed by atoms with Crippen molar-refractivity contribution in [3.63, 3.8) is 0 Å². The number of carbonyl (C=O) groups excluding carboxylic acids is 2. The van der Waals surface area contributed by atoms with Crippen molar-refractivity contribution in [1.29, 1.82) is 0 Å². The van der Waals surface area contributed by atoms with E-state index >= 15 is 0 Å². The first-order valence-electron chi connectivity index (χ1n) is 9.58. The molecule has 0 unspecified atom stereocenters. The van der Waals surface area contributed by atoms with Crippen LogP contribution in [0.1, 0.15) is 34.8 Å². The van der Waals surface area contributed by atoms with Gasteiger partial charge in [-0.05, 0) is 41.8 Å². The minimum atomic E-state index is -0.214. The Hall–Kier alpha value is -3.61. The molecule has 7 heteroatoms. The van der Waals surface area contributed by atoms with Crippen molar-refractivity contribution >= 4 is 23.2 Å². The third-order valence-electron chi connectivity index (χ3n) is 4.39. The Bertz CT molecular complexity index is 979. The van der Waals surface area contributed by atoms with Gasteiger partial charge in [0.25, 0.3) is 5.91 Å². The maximum absolute atomic E-state index is 12.4. The summed E-state index contributed by atoms with van der Waals surface area (Å²) >= 11 is 0. The summed E-state index contributed by atoms with van der Waals surface area (Å²) in [4.78, 5) is 24.2. The van der Waals surface area contributed by atoms with Crippen LogP contribution in [0.2, 0.25) is 0 Å². The Balaban J connectivity index is 1.57. The Labute approximate surface area is 169 Å². The van der Waals surface area contributed by atoms with E-state index < -0.39 is 0 Å². The quantitative estimate of drug-likeness (QED) is 0.514. The van der Waals surface area contributed by atoms with E-state index in [0.717, 1.165) is 17.5 Å². The van der Waals surface area contributed by atoms with Gasteiger partial charge in [-0.1, -0.05) is 31.2 Å². The van der Waals surface area contributed by atoms with Crippen molar-refractivity contribution in [3.05, 3.63) is 77.6 Å². The molecule has 1 aromatic heterocycles. The summed E-state index contributed by atoms with van der Waals surface area (Å²) in [6.45, 7) is 3.26. The fourth-order valence-electron chi connectivity index (χ4n) is 2.85. The lowest BCUT2D eigenvalue weighted by Gasteiger charge is -2.08. The molecule has 4 N–H and O–H groups in total. The van der Waals surface area contributed by atoms with Gasteiger partial charge >= 0.3 is 0 Å². The van der Waals surface area contributed by atoms with Crippen molar-refractivity contribution in [2.24, 2.45) is 0 Å². The van der Waals surface area contributed by atoms with Crippen molar-refractivity contribution in [2.45, 2.75) is 26.3 Å². The van der Waals surface area contributed by atoms with Gasteiger partial charge in [-0.3, -0.25) is 14.3 Å². The van der Waals surface area contributed by atoms with Crippen LogP contribution < -0.4 is 16.4 Å². The Morgan fingerprint density at radius 1 is 1.07 bits per heavy atom.